The molecule has 2 aromatic rings. The molecule has 4 atom stereocenters. The van der Waals surface area contributed by atoms with E-state index in [9.17, 15) is 79.8 Å². The van der Waals surface area contributed by atoms with Crippen LogP contribution >= 0.6 is 136 Å². The highest BCUT2D eigenvalue weighted by molar-refractivity contribution is 14.1. The maximum absolute atomic E-state index is 13.7. The van der Waals surface area contributed by atoms with E-state index in [-0.39, 0.29) is 55.0 Å². The van der Waals surface area contributed by atoms with Crippen molar-refractivity contribution in [2.75, 3.05) is 75.6 Å². The standard InChI is InChI=1S/C36H46I6N6O16/c1-13(55)47(31-27(39)21(33(61)43-3-17(57)11-53)25(37)23(29(31)41)35(63)45-15(7-49)8-50)5-19(59)20(60)6-48(14(2)56)32-28(40)22(34(62)44-4-18(58)12-54)26(38)24(30(32)42)36(64)46-16(9-51)10-52/h15-20,49-54,57-60H,3-12H2,1-2H3,(H,43,61)(H,44,62)(H,45,63)(H,46,64). The number of hydrogen-bond donors (Lipinski definition) is 14. The van der Waals surface area contributed by atoms with E-state index in [4.69, 9.17) is 0 Å². The number of aliphatic hydroxyl groups excluding tert-OH is 10. The third kappa shape index (κ3) is 15.1. The number of hydrogen-bond acceptors (Lipinski definition) is 16. The lowest BCUT2D eigenvalue weighted by atomic mass is 10.0. The Morgan fingerprint density at radius 2 is 0.719 bits per heavy atom. The first-order chi connectivity index (χ1) is 30.0. The molecule has 0 bridgehead atoms. The number of benzene rings is 2. The van der Waals surface area contributed by atoms with Gasteiger partial charge in [-0.2, -0.15) is 0 Å². The normalized spacial score (nSPS) is 13.2. The topological polar surface area (TPSA) is 359 Å². The summed E-state index contributed by atoms with van der Waals surface area (Å²) >= 11 is 10.4. The Hall–Kier alpha value is -0.760. The van der Waals surface area contributed by atoms with Crippen molar-refractivity contribution in [3.8, 4) is 0 Å². The second-order valence-electron chi connectivity index (χ2n) is 13.6. The van der Waals surface area contributed by atoms with Gasteiger partial charge in [-0.15, -0.1) is 0 Å². The molecule has 22 nitrogen and oxygen atoms in total. The van der Waals surface area contributed by atoms with Crippen molar-refractivity contribution in [1.82, 2.24) is 21.3 Å². The zero-order valence-electron chi connectivity index (χ0n) is 33.6. The minimum atomic E-state index is -1.90. The predicted octanol–water partition coefficient (Wildman–Crippen LogP) is -2.23. The minimum absolute atomic E-state index is 0.0510. The lowest BCUT2D eigenvalue weighted by Gasteiger charge is -2.33. The van der Waals surface area contributed by atoms with E-state index in [0.29, 0.717) is 0 Å². The average Bonchev–Trinajstić information content (AvgIpc) is 3.24. The lowest BCUT2D eigenvalue weighted by molar-refractivity contribution is -0.118. The zero-order chi connectivity index (χ0) is 48.9. The first-order valence-electron chi connectivity index (χ1n) is 18.5. The molecule has 6 amide bonds. The van der Waals surface area contributed by atoms with Gasteiger partial charge in [0.05, 0.1) is 137 Å². The number of carbonyl (C=O) groups excluding carboxylic acids is 6. The Balaban J connectivity index is 2.82. The average molecular weight is 1580 g/mol. The molecule has 0 saturated carbocycles. The Morgan fingerprint density at radius 1 is 0.453 bits per heavy atom. The molecular formula is C36H46I6N6O16. The Bertz CT molecular complexity index is 1910. The van der Waals surface area contributed by atoms with Crippen LogP contribution in [0, 0.1) is 21.4 Å². The number of anilines is 2. The van der Waals surface area contributed by atoms with Crippen LogP contribution in [-0.4, -0.2) is 189 Å². The van der Waals surface area contributed by atoms with E-state index in [1.165, 1.54) is 0 Å². The summed E-state index contributed by atoms with van der Waals surface area (Å²) in [6.07, 6.45) is -6.51. The fraction of sp³-hybridized carbons (Fsp3) is 0.500. The molecule has 0 spiro atoms. The largest absolute Gasteiger partial charge is 0.394 e. The van der Waals surface area contributed by atoms with Gasteiger partial charge in [-0.05, 0) is 136 Å². The highest BCUT2D eigenvalue weighted by Crippen LogP contribution is 2.40. The van der Waals surface area contributed by atoms with Gasteiger partial charge in [0.1, 0.15) is 0 Å². The third-order valence-corrected chi connectivity index (χ3v) is 15.3. The van der Waals surface area contributed by atoms with Crippen molar-refractivity contribution in [2.24, 2.45) is 0 Å². The second-order valence-corrected chi connectivity index (χ2v) is 20.1. The molecule has 0 saturated heterocycles. The molecule has 0 radical (unpaired) electrons. The Morgan fingerprint density at radius 3 is 0.953 bits per heavy atom. The van der Waals surface area contributed by atoms with Crippen molar-refractivity contribution in [3.63, 3.8) is 0 Å². The number of rotatable bonds is 23. The van der Waals surface area contributed by atoms with E-state index in [1.807, 2.05) is 0 Å². The number of aliphatic hydroxyl groups is 10. The molecule has 4 unspecified atom stereocenters. The first-order valence-corrected chi connectivity index (χ1v) is 25.0. The first kappa shape index (κ1) is 59.4. The number of nitrogens with zero attached hydrogens (tertiary/aromatic N) is 2. The molecule has 0 aliphatic carbocycles. The number of halogens is 6. The van der Waals surface area contributed by atoms with Crippen LogP contribution < -0.4 is 31.1 Å². The Labute approximate surface area is 447 Å². The maximum atomic E-state index is 13.7. The molecule has 0 heterocycles. The van der Waals surface area contributed by atoms with E-state index in [2.05, 4.69) is 21.3 Å². The van der Waals surface area contributed by atoms with Crippen LogP contribution in [0.1, 0.15) is 55.3 Å². The molecule has 358 valence electrons. The number of nitrogens with one attached hydrogen (secondary N) is 4. The summed E-state index contributed by atoms with van der Waals surface area (Å²) in [5.41, 5.74) is -0.878. The Kier molecular flexibility index (Phi) is 26.0. The molecule has 0 aromatic heterocycles. The fourth-order valence-electron chi connectivity index (χ4n) is 5.49. The summed E-state index contributed by atoms with van der Waals surface area (Å²) in [6.45, 7) is -4.10. The third-order valence-electron chi connectivity index (χ3n) is 8.95. The quantitative estimate of drug-likeness (QED) is 0.0524. The number of carbonyl (C=O) groups is 6. The van der Waals surface area contributed by atoms with Crippen molar-refractivity contribution in [2.45, 2.75) is 50.3 Å². The van der Waals surface area contributed by atoms with Gasteiger partial charge in [0.25, 0.3) is 23.6 Å². The summed E-state index contributed by atoms with van der Waals surface area (Å²) in [6, 6.07) is -2.26. The molecule has 28 heteroatoms. The molecule has 2 rings (SSSR count). The predicted molar refractivity (Wildman–Crippen MR) is 279 cm³/mol. The molecule has 0 aliphatic rings. The highest BCUT2D eigenvalue weighted by atomic mass is 127. The van der Waals surface area contributed by atoms with Crippen LogP contribution in [-0.2, 0) is 9.59 Å². The second kappa shape index (κ2) is 28.0. The SMILES string of the molecule is CC(=O)N(CC(O)C(O)CN(C(C)=O)c1c(I)c(C(=O)NCC(O)CO)c(I)c(C(=O)NC(CO)CO)c1I)c1c(I)c(C(=O)NCC(O)CO)c(I)c(C(=O)NC(CO)CO)c1I. The molecule has 0 aliphatic heterocycles. The van der Waals surface area contributed by atoms with E-state index in [0.717, 1.165) is 23.6 Å². The van der Waals surface area contributed by atoms with Crippen LogP contribution in [0.2, 0.25) is 0 Å². The van der Waals surface area contributed by atoms with Crippen LogP contribution in [0.4, 0.5) is 11.4 Å². The molecule has 0 fully saturated rings. The summed E-state index contributed by atoms with van der Waals surface area (Å²) in [5, 5.41) is 110. The van der Waals surface area contributed by atoms with E-state index < -0.39 is 138 Å². The molecule has 2 aromatic carbocycles. The summed E-state index contributed by atoms with van der Waals surface area (Å²) in [7, 11) is 0. The van der Waals surface area contributed by atoms with Crippen LogP contribution in [0.5, 0.6) is 0 Å². The number of amides is 6. The molecule has 64 heavy (non-hydrogen) atoms. The zero-order valence-corrected chi connectivity index (χ0v) is 46.6. The molecular weight excluding hydrogens is 1530 g/mol. The smallest absolute Gasteiger partial charge is 0.253 e. The summed E-state index contributed by atoms with van der Waals surface area (Å²) < 4.78 is 0.354. The van der Waals surface area contributed by atoms with Gasteiger partial charge in [-0.25, -0.2) is 0 Å². The summed E-state index contributed by atoms with van der Waals surface area (Å²) in [4.78, 5) is 83.6. The maximum Gasteiger partial charge on any atom is 0.253 e. The van der Waals surface area contributed by atoms with Gasteiger partial charge < -0.3 is 82.1 Å². The fourth-order valence-corrected chi connectivity index (χ4v) is 14.9. The van der Waals surface area contributed by atoms with Gasteiger partial charge in [0.2, 0.25) is 11.8 Å². The van der Waals surface area contributed by atoms with Gasteiger partial charge in [0.15, 0.2) is 0 Å². The highest BCUT2D eigenvalue weighted by Gasteiger charge is 2.36. The van der Waals surface area contributed by atoms with Crippen molar-refractivity contribution in [3.05, 3.63) is 43.7 Å². The van der Waals surface area contributed by atoms with Crippen molar-refractivity contribution in [1.29, 1.82) is 0 Å². The van der Waals surface area contributed by atoms with Gasteiger partial charge >= 0.3 is 0 Å². The lowest BCUT2D eigenvalue weighted by Crippen LogP contribution is -2.48. The van der Waals surface area contributed by atoms with Crippen molar-refractivity contribution >= 4 is 182 Å². The van der Waals surface area contributed by atoms with Crippen LogP contribution in [0.25, 0.3) is 0 Å². The minimum Gasteiger partial charge on any atom is -0.394 e. The van der Waals surface area contributed by atoms with Gasteiger partial charge in [-0.3, -0.25) is 28.8 Å². The van der Waals surface area contributed by atoms with Crippen LogP contribution in [0.15, 0.2) is 0 Å². The van der Waals surface area contributed by atoms with Gasteiger partial charge in [0, 0.05) is 34.1 Å². The monoisotopic (exact) mass is 1580 g/mol. The molecule has 14 N–H and O–H groups in total. The van der Waals surface area contributed by atoms with E-state index in [1.54, 1.807) is 136 Å². The van der Waals surface area contributed by atoms with Crippen molar-refractivity contribution < 1.29 is 79.8 Å². The van der Waals surface area contributed by atoms with Gasteiger partial charge in [-0.1, -0.05) is 0 Å². The van der Waals surface area contributed by atoms with E-state index >= 15 is 0 Å². The summed E-state index contributed by atoms with van der Waals surface area (Å²) in [5.74, 6) is -4.95. The van der Waals surface area contributed by atoms with Crippen LogP contribution in [0.3, 0.4) is 0 Å².